The van der Waals surface area contributed by atoms with Gasteiger partial charge >= 0.3 is 0 Å². The zero-order valence-electron chi connectivity index (χ0n) is 17.1. The highest BCUT2D eigenvalue weighted by molar-refractivity contribution is 6.25. The van der Waals surface area contributed by atoms with Gasteiger partial charge in [0.15, 0.2) is 0 Å². The second kappa shape index (κ2) is 6.40. The third kappa shape index (κ3) is 2.39. The molecule has 0 atom stereocenters. The molecule has 30 heavy (non-hydrogen) atoms. The maximum Gasteiger partial charge on any atom is 0.0793 e. The van der Waals surface area contributed by atoms with E-state index in [1.165, 1.54) is 60.0 Å². The summed E-state index contributed by atoms with van der Waals surface area (Å²) >= 11 is 0. The monoisotopic (exact) mass is 383 g/mol. The Morgan fingerprint density at radius 2 is 1.27 bits per heavy atom. The Morgan fingerprint density at radius 1 is 0.567 bits per heavy atom. The summed E-state index contributed by atoms with van der Waals surface area (Å²) in [5, 5.41) is 8.70. The predicted octanol–water partition coefficient (Wildman–Crippen LogP) is 7.98. The zero-order chi connectivity index (χ0) is 20.2. The van der Waals surface area contributed by atoms with Gasteiger partial charge in [0.1, 0.15) is 0 Å². The number of hydrogen-bond donors (Lipinski definition) is 0. The van der Waals surface area contributed by atoms with Crippen LogP contribution in [-0.2, 0) is 0 Å². The van der Waals surface area contributed by atoms with E-state index in [1.54, 1.807) is 0 Å². The highest BCUT2D eigenvalue weighted by atomic mass is 14.7. The van der Waals surface area contributed by atoms with E-state index >= 15 is 0 Å². The maximum absolute atomic E-state index is 4.99. The van der Waals surface area contributed by atoms with E-state index in [2.05, 4.69) is 98.8 Å². The second-order valence-electron chi connectivity index (χ2n) is 8.14. The number of hydrogen-bond acceptors (Lipinski definition) is 1. The van der Waals surface area contributed by atoms with Crippen molar-refractivity contribution in [2.45, 2.75) is 13.8 Å². The van der Waals surface area contributed by atoms with E-state index in [0.717, 1.165) is 5.52 Å². The van der Waals surface area contributed by atoms with Gasteiger partial charge in [0.25, 0.3) is 0 Å². The number of nitrogens with zero attached hydrogens (tertiary/aromatic N) is 1. The molecule has 142 valence electrons. The van der Waals surface area contributed by atoms with Gasteiger partial charge in [-0.3, -0.25) is 4.98 Å². The Kier molecular flexibility index (Phi) is 3.66. The van der Waals surface area contributed by atoms with Crippen LogP contribution in [0.5, 0.6) is 0 Å². The van der Waals surface area contributed by atoms with Crippen molar-refractivity contribution in [1.82, 2.24) is 4.98 Å². The quantitative estimate of drug-likeness (QED) is 0.262. The van der Waals surface area contributed by atoms with Gasteiger partial charge in [-0.2, -0.15) is 0 Å². The topological polar surface area (TPSA) is 12.9 Å². The normalized spacial score (nSPS) is 11.7. The van der Waals surface area contributed by atoms with Crippen LogP contribution >= 0.6 is 0 Å². The van der Waals surface area contributed by atoms with Crippen LogP contribution in [0.4, 0.5) is 0 Å². The number of aryl methyl sites for hydroxylation is 2. The van der Waals surface area contributed by atoms with E-state index in [1.807, 2.05) is 6.20 Å². The number of pyridine rings is 1. The summed E-state index contributed by atoms with van der Waals surface area (Å²) in [4.78, 5) is 4.99. The number of aromatic nitrogens is 1. The molecule has 1 heteroatoms. The molecule has 1 nitrogen and oxygen atoms in total. The number of rotatable bonds is 1. The van der Waals surface area contributed by atoms with Crippen LogP contribution in [0.1, 0.15) is 11.1 Å². The van der Waals surface area contributed by atoms with E-state index in [9.17, 15) is 0 Å². The molecule has 1 aromatic heterocycles. The summed E-state index contributed by atoms with van der Waals surface area (Å²) in [7, 11) is 0. The molecule has 0 radical (unpaired) electrons. The molecule has 5 aromatic carbocycles. The van der Waals surface area contributed by atoms with Crippen molar-refractivity contribution in [3.05, 3.63) is 102 Å². The Morgan fingerprint density at radius 3 is 2.07 bits per heavy atom. The van der Waals surface area contributed by atoms with E-state index in [0.29, 0.717) is 0 Å². The first-order valence-electron chi connectivity index (χ1n) is 10.4. The van der Waals surface area contributed by atoms with Gasteiger partial charge in [0.2, 0.25) is 0 Å². The Balaban J connectivity index is 1.93. The third-order valence-corrected chi connectivity index (χ3v) is 6.33. The highest BCUT2D eigenvalue weighted by Gasteiger charge is 2.16. The molecule has 6 rings (SSSR count). The summed E-state index contributed by atoms with van der Waals surface area (Å²) in [6.07, 6.45) is 2.01. The molecule has 0 aliphatic rings. The summed E-state index contributed by atoms with van der Waals surface area (Å²) < 4.78 is 0. The Bertz CT molecular complexity index is 1590. The maximum atomic E-state index is 4.99. The van der Waals surface area contributed by atoms with Gasteiger partial charge in [0.05, 0.1) is 5.52 Å². The van der Waals surface area contributed by atoms with E-state index < -0.39 is 0 Å². The highest BCUT2D eigenvalue weighted by Crippen LogP contribution is 2.41. The lowest BCUT2D eigenvalue weighted by Crippen LogP contribution is -1.93. The van der Waals surface area contributed by atoms with Crippen molar-refractivity contribution in [2.75, 3.05) is 0 Å². The van der Waals surface area contributed by atoms with Crippen LogP contribution in [0, 0.1) is 13.8 Å². The van der Waals surface area contributed by atoms with Crippen LogP contribution in [-0.4, -0.2) is 4.98 Å². The average molecular weight is 383 g/mol. The SMILES string of the molecule is Cc1cccc(C)c1-c1cc2c3ccccc3ccc2c2ncc3ccccc3c12. The molecule has 0 unspecified atom stereocenters. The Labute approximate surface area is 175 Å². The number of benzene rings is 5. The molecule has 0 saturated heterocycles. The molecule has 0 fully saturated rings. The molecular weight excluding hydrogens is 362 g/mol. The second-order valence-corrected chi connectivity index (χ2v) is 8.14. The lowest BCUT2D eigenvalue weighted by molar-refractivity contribution is 1.38. The van der Waals surface area contributed by atoms with Gasteiger partial charge < -0.3 is 0 Å². The lowest BCUT2D eigenvalue weighted by Gasteiger charge is -2.17. The fraction of sp³-hybridized carbons (Fsp3) is 0.0690. The van der Waals surface area contributed by atoms with Gasteiger partial charge in [-0.05, 0) is 63.7 Å². The van der Waals surface area contributed by atoms with Gasteiger partial charge in [-0.15, -0.1) is 0 Å². The molecule has 0 aliphatic carbocycles. The first-order valence-corrected chi connectivity index (χ1v) is 10.4. The number of fused-ring (bicyclic) bond motifs is 7. The first kappa shape index (κ1) is 17.2. The van der Waals surface area contributed by atoms with Crippen LogP contribution in [0.3, 0.4) is 0 Å². The largest absolute Gasteiger partial charge is 0.255 e. The first-order chi connectivity index (χ1) is 14.7. The minimum absolute atomic E-state index is 1.08. The standard InChI is InChI=1S/C29H21N/c1-18-8-7-9-19(2)27(18)26-16-25-22-12-5-3-10-20(22)14-15-24(25)29-28(26)23-13-6-4-11-21(23)17-30-29/h3-17H,1-2H3. The Hall–Kier alpha value is -3.71. The zero-order valence-corrected chi connectivity index (χ0v) is 17.1. The molecule has 6 aromatic rings. The minimum atomic E-state index is 1.08. The summed E-state index contributed by atoms with van der Waals surface area (Å²) in [6, 6.07) is 30.6. The molecule has 0 bridgehead atoms. The van der Waals surface area contributed by atoms with Crippen LogP contribution in [0.15, 0.2) is 91.1 Å². The molecular formula is C29H21N. The molecule has 0 N–H and O–H groups in total. The molecule has 0 saturated carbocycles. The summed E-state index contributed by atoms with van der Waals surface area (Å²) in [6.45, 7) is 4.42. The average Bonchev–Trinajstić information content (AvgIpc) is 2.78. The van der Waals surface area contributed by atoms with E-state index in [-0.39, 0.29) is 0 Å². The molecule has 0 spiro atoms. The molecule has 0 amide bonds. The van der Waals surface area contributed by atoms with Crippen molar-refractivity contribution in [3.63, 3.8) is 0 Å². The fourth-order valence-corrected chi connectivity index (χ4v) is 4.95. The van der Waals surface area contributed by atoms with Gasteiger partial charge in [-0.25, -0.2) is 0 Å². The fourth-order valence-electron chi connectivity index (χ4n) is 4.95. The van der Waals surface area contributed by atoms with Crippen LogP contribution in [0.2, 0.25) is 0 Å². The smallest absolute Gasteiger partial charge is 0.0793 e. The predicted molar refractivity (Wildman–Crippen MR) is 129 cm³/mol. The van der Waals surface area contributed by atoms with Crippen molar-refractivity contribution < 1.29 is 0 Å². The van der Waals surface area contributed by atoms with Crippen LogP contribution in [0.25, 0.3) is 54.3 Å². The van der Waals surface area contributed by atoms with Crippen molar-refractivity contribution in [1.29, 1.82) is 0 Å². The summed E-state index contributed by atoms with van der Waals surface area (Å²) in [5.41, 5.74) is 6.26. The van der Waals surface area contributed by atoms with Gasteiger partial charge in [0, 0.05) is 22.4 Å². The van der Waals surface area contributed by atoms with Crippen LogP contribution < -0.4 is 0 Å². The van der Waals surface area contributed by atoms with E-state index in [4.69, 9.17) is 4.98 Å². The van der Waals surface area contributed by atoms with Crippen molar-refractivity contribution in [2.24, 2.45) is 0 Å². The summed E-state index contributed by atoms with van der Waals surface area (Å²) in [5.74, 6) is 0. The van der Waals surface area contributed by atoms with Crippen molar-refractivity contribution in [3.8, 4) is 11.1 Å². The molecule has 1 heterocycles. The third-order valence-electron chi connectivity index (χ3n) is 6.33. The van der Waals surface area contributed by atoms with Crippen molar-refractivity contribution >= 4 is 43.2 Å². The minimum Gasteiger partial charge on any atom is -0.255 e. The van der Waals surface area contributed by atoms with Gasteiger partial charge in [-0.1, -0.05) is 78.9 Å². The molecule has 0 aliphatic heterocycles. The lowest BCUT2D eigenvalue weighted by atomic mass is 9.87.